The fourth-order valence-corrected chi connectivity index (χ4v) is 5.88. The van der Waals surface area contributed by atoms with E-state index in [0.29, 0.717) is 11.3 Å². The molecule has 0 unspecified atom stereocenters. The number of carbonyl (C=O) groups excluding carboxylic acids is 2. The predicted octanol–water partition coefficient (Wildman–Crippen LogP) is 2.33. The normalized spacial score (nSPS) is 15.4. The summed E-state index contributed by atoms with van der Waals surface area (Å²) >= 11 is 0. The van der Waals surface area contributed by atoms with E-state index in [4.69, 9.17) is 9.47 Å². The molecule has 0 bridgehead atoms. The lowest BCUT2D eigenvalue weighted by molar-refractivity contribution is -0.133. The molecule has 35 heavy (non-hydrogen) atoms. The van der Waals surface area contributed by atoms with Crippen molar-refractivity contribution in [2.75, 3.05) is 26.4 Å². The molecule has 0 radical (unpaired) electrons. The van der Waals surface area contributed by atoms with Gasteiger partial charge in [-0.15, -0.1) is 5.92 Å². The quantitative estimate of drug-likeness (QED) is 0.245. The van der Waals surface area contributed by atoms with E-state index in [0.717, 1.165) is 5.56 Å². The molecule has 3 rings (SSSR count). The molecule has 0 atom stereocenters. The first-order valence-electron chi connectivity index (χ1n) is 11.0. The second-order valence-corrected chi connectivity index (χ2v) is 10.4. The maximum absolute atomic E-state index is 13.5. The van der Waals surface area contributed by atoms with Gasteiger partial charge in [-0.2, -0.15) is 0 Å². The summed E-state index contributed by atoms with van der Waals surface area (Å²) in [4.78, 5) is 26.7. The number of sulfone groups is 1. The number of carbonyl (C=O) groups is 2. The summed E-state index contributed by atoms with van der Waals surface area (Å²) in [5.74, 6) is 4.42. The predicted molar refractivity (Wildman–Crippen MR) is 128 cm³/mol. The molecule has 1 fully saturated rings. The van der Waals surface area contributed by atoms with Crippen LogP contribution in [-0.4, -0.2) is 61.6 Å². The highest BCUT2D eigenvalue weighted by Crippen LogP contribution is 2.36. The molecule has 186 valence electrons. The molecule has 0 spiro atoms. The van der Waals surface area contributed by atoms with Crippen LogP contribution in [0.2, 0.25) is 0 Å². The van der Waals surface area contributed by atoms with Crippen LogP contribution < -0.4 is 10.2 Å². The van der Waals surface area contributed by atoms with Crippen LogP contribution in [0.25, 0.3) is 0 Å². The fraction of sp³-hybridized carbons (Fsp3) is 0.360. The summed E-state index contributed by atoms with van der Waals surface area (Å²) in [5.41, 5.74) is 2.77. The Morgan fingerprint density at radius 3 is 2.37 bits per heavy atom. The van der Waals surface area contributed by atoms with E-state index in [1.165, 1.54) is 29.7 Å². The number of nitrogens with zero attached hydrogens (tertiary/aromatic N) is 1. The van der Waals surface area contributed by atoms with Gasteiger partial charge in [0.2, 0.25) is 0 Å². The summed E-state index contributed by atoms with van der Waals surface area (Å²) in [6.45, 7) is 3.96. The van der Waals surface area contributed by atoms with Crippen molar-refractivity contribution >= 4 is 21.7 Å². The van der Waals surface area contributed by atoms with Gasteiger partial charge in [0.05, 0.1) is 10.5 Å². The topological polar surface area (TPSA) is 122 Å². The Kier molecular flexibility index (Phi) is 8.51. The van der Waals surface area contributed by atoms with Crippen molar-refractivity contribution in [3.63, 3.8) is 0 Å². The van der Waals surface area contributed by atoms with Crippen LogP contribution in [0.3, 0.4) is 0 Å². The summed E-state index contributed by atoms with van der Waals surface area (Å²) < 4.78 is 36.0. The number of hydrogen-bond acceptors (Lipinski definition) is 8. The van der Waals surface area contributed by atoms with Crippen LogP contribution in [-0.2, 0) is 19.4 Å². The Morgan fingerprint density at radius 1 is 1.11 bits per heavy atom. The van der Waals surface area contributed by atoms with E-state index in [1.54, 1.807) is 24.0 Å². The van der Waals surface area contributed by atoms with Crippen molar-refractivity contribution < 1.29 is 32.7 Å². The van der Waals surface area contributed by atoms with Crippen molar-refractivity contribution in [3.05, 3.63) is 59.7 Å². The summed E-state index contributed by atoms with van der Waals surface area (Å²) in [6, 6.07) is 12.8. The van der Waals surface area contributed by atoms with Crippen molar-refractivity contribution in [2.45, 2.75) is 36.3 Å². The zero-order valence-corrected chi connectivity index (χ0v) is 20.4. The Balaban J connectivity index is 1.71. The van der Waals surface area contributed by atoms with Crippen LogP contribution in [0.15, 0.2) is 53.4 Å². The Bertz CT molecular complexity index is 1220. The number of amides is 1. The standard InChI is InChI=1S/C25H28N2O7S/c1-3-4-17-33-20-9-11-21(12-10-20)35(31,32)25(24(29)26-30)13-15-27(16-14-25)18-34-23(28)22-8-6-5-7-19(22)2/h5-12,30H,13-18H2,1-2H3,(H,26,29). The van der Waals surface area contributed by atoms with E-state index in [2.05, 4.69) is 11.8 Å². The maximum atomic E-state index is 13.5. The molecule has 0 aromatic heterocycles. The smallest absolute Gasteiger partial charge is 0.339 e. The maximum Gasteiger partial charge on any atom is 0.339 e. The molecule has 0 saturated carbocycles. The van der Waals surface area contributed by atoms with Gasteiger partial charge in [0.1, 0.15) is 19.1 Å². The lowest BCUT2D eigenvalue weighted by Gasteiger charge is -2.39. The number of aryl methyl sites for hydroxylation is 1. The first kappa shape index (κ1) is 26.2. The molecule has 10 heteroatoms. The summed E-state index contributed by atoms with van der Waals surface area (Å²) in [5, 5.41) is 9.34. The van der Waals surface area contributed by atoms with E-state index >= 15 is 0 Å². The van der Waals surface area contributed by atoms with Crippen LogP contribution in [0.1, 0.15) is 35.7 Å². The highest BCUT2D eigenvalue weighted by atomic mass is 32.2. The third kappa shape index (κ3) is 5.65. The zero-order valence-electron chi connectivity index (χ0n) is 19.6. The highest BCUT2D eigenvalue weighted by molar-refractivity contribution is 7.93. The van der Waals surface area contributed by atoms with E-state index < -0.39 is 26.5 Å². The largest absolute Gasteiger partial charge is 0.481 e. The van der Waals surface area contributed by atoms with Crippen LogP contribution >= 0.6 is 0 Å². The Hall–Kier alpha value is -3.39. The van der Waals surface area contributed by atoms with Crippen molar-refractivity contribution in [3.8, 4) is 17.6 Å². The number of hydrogen-bond donors (Lipinski definition) is 2. The lowest BCUT2D eigenvalue weighted by atomic mass is 9.95. The van der Waals surface area contributed by atoms with Gasteiger partial charge < -0.3 is 9.47 Å². The average molecular weight is 501 g/mol. The molecule has 2 aromatic rings. The number of benzene rings is 2. The third-order valence-electron chi connectivity index (χ3n) is 6.06. The molecular weight excluding hydrogens is 472 g/mol. The van der Waals surface area contributed by atoms with Gasteiger partial charge in [0.25, 0.3) is 5.91 Å². The minimum absolute atomic E-state index is 0.0449. The SMILES string of the molecule is CC#CCOc1ccc(S(=O)(=O)C2(C(=O)NO)CCN(COC(=O)c3ccccc3C)CC2)cc1. The van der Waals surface area contributed by atoms with Gasteiger partial charge >= 0.3 is 5.97 Å². The summed E-state index contributed by atoms with van der Waals surface area (Å²) in [6.07, 6.45) is -0.179. The monoisotopic (exact) mass is 500 g/mol. The van der Waals surface area contributed by atoms with Gasteiger partial charge in [0.15, 0.2) is 14.6 Å². The Morgan fingerprint density at radius 2 is 1.77 bits per heavy atom. The van der Waals surface area contributed by atoms with Gasteiger partial charge in [-0.3, -0.25) is 14.9 Å². The van der Waals surface area contributed by atoms with Gasteiger partial charge in [0, 0.05) is 13.1 Å². The van der Waals surface area contributed by atoms with Gasteiger partial charge in [-0.1, -0.05) is 24.1 Å². The molecule has 9 nitrogen and oxygen atoms in total. The van der Waals surface area contributed by atoms with Crippen LogP contribution in [0.5, 0.6) is 5.75 Å². The molecule has 2 N–H and O–H groups in total. The third-order valence-corrected chi connectivity index (χ3v) is 8.57. The molecule has 2 aromatic carbocycles. The van der Waals surface area contributed by atoms with E-state index in [9.17, 15) is 23.2 Å². The molecule has 1 amide bonds. The van der Waals surface area contributed by atoms with Crippen LogP contribution in [0.4, 0.5) is 0 Å². The number of likely N-dealkylation sites (tertiary alicyclic amines) is 1. The average Bonchev–Trinajstić information content (AvgIpc) is 2.87. The molecule has 1 aliphatic rings. The molecular formula is C25H28N2O7S. The van der Waals surface area contributed by atoms with E-state index in [-0.39, 0.29) is 44.2 Å². The van der Waals surface area contributed by atoms with Crippen LogP contribution in [0, 0.1) is 18.8 Å². The number of esters is 1. The molecule has 0 aliphatic carbocycles. The lowest BCUT2D eigenvalue weighted by Crippen LogP contribution is -2.57. The first-order chi connectivity index (χ1) is 16.7. The first-order valence-corrected chi connectivity index (χ1v) is 12.5. The van der Waals surface area contributed by atoms with Crippen molar-refractivity contribution in [1.82, 2.24) is 10.4 Å². The molecule has 1 aliphatic heterocycles. The minimum atomic E-state index is -4.17. The minimum Gasteiger partial charge on any atom is -0.481 e. The number of ether oxygens (including phenoxy) is 2. The number of hydroxylamine groups is 1. The highest BCUT2D eigenvalue weighted by Gasteiger charge is 2.53. The number of rotatable bonds is 8. The van der Waals surface area contributed by atoms with E-state index in [1.807, 2.05) is 19.1 Å². The van der Waals surface area contributed by atoms with Gasteiger partial charge in [-0.05, 0) is 62.6 Å². The van der Waals surface area contributed by atoms with Gasteiger partial charge in [-0.25, -0.2) is 18.7 Å². The molecule has 1 heterocycles. The second-order valence-electron chi connectivity index (χ2n) is 8.12. The second kappa shape index (κ2) is 11.4. The summed E-state index contributed by atoms with van der Waals surface area (Å²) in [7, 11) is -4.17. The van der Waals surface area contributed by atoms with Crippen molar-refractivity contribution in [1.29, 1.82) is 0 Å². The zero-order chi connectivity index (χ0) is 25.5. The number of piperidine rings is 1. The molecule has 1 saturated heterocycles. The fourth-order valence-electron chi connectivity index (χ4n) is 3.92. The Labute approximate surface area is 204 Å². The van der Waals surface area contributed by atoms with Crippen molar-refractivity contribution in [2.24, 2.45) is 0 Å². The number of nitrogens with one attached hydrogen (secondary N) is 1.